The normalized spacial score (nSPS) is 26.1. The minimum Gasteiger partial charge on any atom is -0.302 e. The zero-order chi connectivity index (χ0) is 21.4. The quantitative estimate of drug-likeness (QED) is 0.553. The molecular formula is C26H24Cl2N2O. The second-order valence-corrected chi connectivity index (χ2v) is 9.27. The van der Waals surface area contributed by atoms with Gasteiger partial charge >= 0.3 is 0 Å². The Balaban J connectivity index is 1.54. The van der Waals surface area contributed by atoms with Crippen LogP contribution in [-0.4, -0.2) is 23.8 Å². The molecule has 2 aliphatic rings. The number of hydrogen-bond acceptors (Lipinski definition) is 3. The third-order valence-electron chi connectivity index (χ3n) is 6.53. The van der Waals surface area contributed by atoms with Gasteiger partial charge in [-0.3, -0.25) is 9.69 Å². The van der Waals surface area contributed by atoms with Crippen LogP contribution in [0.25, 0.3) is 0 Å². The minimum atomic E-state index is -0.155. The first-order valence-corrected chi connectivity index (χ1v) is 11.4. The summed E-state index contributed by atoms with van der Waals surface area (Å²) < 4.78 is 0. The van der Waals surface area contributed by atoms with Crippen LogP contribution in [0.15, 0.2) is 78.9 Å². The smallest absolute Gasteiger partial charge is 0.145 e. The number of benzene rings is 3. The Bertz CT molecular complexity index is 1020. The molecule has 0 radical (unpaired) electrons. The molecule has 0 aromatic heterocycles. The Kier molecular flexibility index (Phi) is 5.85. The van der Waals surface area contributed by atoms with Crippen molar-refractivity contribution in [2.45, 2.75) is 18.6 Å². The number of nitrogens with zero attached hydrogens (tertiary/aromatic N) is 1. The van der Waals surface area contributed by atoms with Gasteiger partial charge in [0, 0.05) is 41.8 Å². The van der Waals surface area contributed by atoms with E-state index in [0.29, 0.717) is 28.9 Å². The highest BCUT2D eigenvalue weighted by Gasteiger charge is 2.49. The monoisotopic (exact) mass is 450 g/mol. The predicted octanol–water partition coefficient (Wildman–Crippen LogP) is 5.70. The van der Waals surface area contributed by atoms with Crippen LogP contribution < -0.4 is 5.32 Å². The topological polar surface area (TPSA) is 32.3 Å². The van der Waals surface area contributed by atoms with Gasteiger partial charge in [0.15, 0.2) is 0 Å². The molecule has 2 aliphatic heterocycles. The van der Waals surface area contributed by atoms with Crippen LogP contribution >= 0.6 is 23.2 Å². The van der Waals surface area contributed by atoms with Crippen LogP contribution in [0.3, 0.4) is 0 Å². The Labute approximate surface area is 193 Å². The second kappa shape index (κ2) is 8.76. The van der Waals surface area contributed by atoms with Crippen LogP contribution in [0, 0.1) is 11.8 Å². The van der Waals surface area contributed by atoms with Gasteiger partial charge in [-0.25, -0.2) is 0 Å². The van der Waals surface area contributed by atoms with Gasteiger partial charge in [0.05, 0.1) is 11.8 Å². The van der Waals surface area contributed by atoms with E-state index in [9.17, 15) is 4.79 Å². The molecule has 31 heavy (non-hydrogen) atoms. The van der Waals surface area contributed by atoms with E-state index in [-0.39, 0.29) is 23.9 Å². The van der Waals surface area contributed by atoms with Crippen molar-refractivity contribution < 1.29 is 4.79 Å². The summed E-state index contributed by atoms with van der Waals surface area (Å²) in [6.45, 7) is 2.25. The fourth-order valence-corrected chi connectivity index (χ4v) is 5.60. The van der Waals surface area contributed by atoms with Crippen molar-refractivity contribution in [3.05, 3.63) is 106 Å². The fourth-order valence-electron chi connectivity index (χ4n) is 5.09. The molecule has 0 amide bonds. The second-order valence-electron chi connectivity index (χ2n) is 8.46. The zero-order valence-electron chi connectivity index (χ0n) is 17.0. The Hall–Kier alpha value is -2.17. The largest absolute Gasteiger partial charge is 0.302 e. The molecular weight excluding hydrogens is 427 g/mol. The number of rotatable bonds is 4. The summed E-state index contributed by atoms with van der Waals surface area (Å²) in [5.74, 6) is 0.0000936. The van der Waals surface area contributed by atoms with E-state index >= 15 is 0 Å². The Morgan fingerprint density at radius 2 is 1.23 bits per heavy atom. The maximum Gasteiger partial charge on any atom is 0.145 e. The van der Waals surface area contributed by atoms with Gasteiger partial charge in [-0.2, -0.15) is 0 Å². The van der Waals surface area contributed by atoms with Gasteiger partial charge in [0.2, 0.25) is 0 Å². The standard InChI is InChI=1S/C26H24Cl2N2O/c27-22-12-6-4-10-18(22)24-20-15-30(14-17-8-2-1-3-9-17)16-21(26(20)31)25(29-24)19-11-5-7-13-23(19)28/h1-13,20-21,24-25,29H,14-16H2/t20-,21+,24+,25-. The van der Waals surface area contributed by atoms with E-state index in [2.05, 4.69) is 34.5 Å². The van der Waals surface area contributed by atoms with Crippen LogP contribution in [-0.2, 0) is 11.3 Å². The van der Waals surface area contributed by atoms with Crippen molar-refractivity contribution in [2.24, 2.45) is 11.8 Å². The average Bonchev–Trinajstić information content (AvgIpc) is 2.77. The number of ketones is 1. The van der Waals surface area contributed by atoms with Gasteiger partial charge in [-0.1, -0.05) is 89.9 Å². The number of likely N-dealkylation sites (tertiary alicyclic amines) is 1. The van der Waals surface area contributed by atoms with E-state index in [4.69, 9.17) is 23.2 Å². The highest BCUT2D eigenvalue weighted by molar-refractivity contribution is 6.31. The summed E-state index contributed by atoms with van der Waals surface area (Å²) in [7, 11) is 0. The van der Waals surface area contributed by atoms with Crippen LogP contribution in [0.5, 0.6) is 0 Å². The molecule has 0 unspecified atom stereocenters. The predicted molar refractivity (Wildman–Crippen MR) is 125 cm³/mol. The highest BCUT2D eigenvalue weighted by Crippen LogP contribution is 2.44. The number of hydrogen-bond donors (Lipinski definition) is 1. The van der Waals surface area contributed by atoms with Crippen molar-refractivity contribution in [3.8, 4) is 0 Å². The van der Waals surface area contributed by atoms with Crippen molar-refractivity contribution >= 4 is 29.0 Å². The van der Waals surface area contributed by atoms with E-state index in [1.165, 1.54) is 5.56 Å². The van der Waals surface area contributed by atoms with Gasteiger partial charge in [-0.15, -0.1) is 0 Å². The lowest BCUT2D eigenvalue weighted by Gasteiger charge is -2.49. The number of piperidine rings is 2. The lowest BCUT2D eigenvalue weighted by molar-refractivity contribution is -0.138. The molecule has 0 saturated carbocycles. The maximum atomic E-state index is 13.6. The molecule has 2 heterocycles. The third-order valence-corrected chi connectivity index (χ3v) is 7.22. The minimum absolute atomic E-state index is 0.152. The number of carbonyl (C=O) groups excluding carboxylic acids is 1. The van der Waals surface area contributed by atoms with E-state index < -0.39 is 0 Å². The first-order valence-electron chi connectivity index (χ1n) is 10.7. The maximum absolute atomic E-state index is 13.6. The van der Waals surface area contributed by atoms with Crippen LogP contribution in [0.2, 0.25) is 10.0 Å². The molecule has 4 atom stereocenters. The van der Waals surface area contributed by atoms with Crippen molar-refractivity contribution in [3.63, 3.8) is 0 Å². The molecule has 0 spiro atoms. The highest BCUT2D eigenvalue weighted by atomic mass is 35.5. The zero-order valence-corrected chi connectivity index (χ0v) is 18.6. The molecule has 2 fully saturated rings. The summed E-state index contributed by atoms with van der Waals surface area (Å²) in [5, 5.41) is 5.14. The van der Waals surface area contributed by atoms with Crippen LogP contribution in [0.4, 0.5) is 0 Å². The van der Waals surface area contributed by atoms with Gasteiger partial charge in [0.25, 0.3) is 0 Å². The van der Waals surface area contributed by atoms with Gasteiger partial charge < -0.3 is 5.32 Å². The average molecular weight is 451 g/mol. The molecule has 158 valence electrons. The fraction of sp³-hybridized carbons (Fsp3) is 0.269. The number of nitrogens with one attached hydrogen (secondary N) is 1. The summed E-state index contributed by atoms with van der Waals surface area (Å²) in [6, 6.07) is 25.8. The number of Topliss-reactive ketones (excluding diaryl/α,β-unsaturated/α-hetero) is 1. The van der Waals surface area contributed by atoms with E-state index in [1.807, 2.05) is 54.6 Å². The van der Waals surface area contributed by atoms with Gasteiger partial charge in [-0.05, 0) is 28.8 Å². The number of halogens is 2. The summed E-state index contributed by atoms with van der Waals surface area (Å²) in [4.78, 5) is 16.0. The third kappa shape index (κ3) is 4.04. The molecule has 2 saturated heterocycles. The first kappa shape index (κ1) is 20.7. The summed E-state index contributed by atoms with van der Waals surface area (Å²) >= 11 is 13.2. The molecule has 3 aromatic carbocycles. The summed E-state index contributed by atoms with van der Waals surface area (Å²) in [5.41, 5.74) is 3.20. The molecule has 1 N–H and O–H groups in total. The lowest BCUT2D eigenvalue weighted by atomic mass is 9.71. The lowest BCUT2D eigenvalue weighted by Crippen LogP contribution is -2.59. The molecule has 0 aliphatic carbocycles. The van der Waals surface area contributed by atoms with Crippen molar-refractivity contribution in [2.75, 3.05) is 13.1 Å². The van der Waals surface area contributed by atoms with Crippen molar-refractivity contribution in [1.29, 1.82) is 0 Å². The Morgan fingerprint density at radius 3 is 1.74 bits per heavy atom. The summed E-state index contributed by atoms with van der Waals surface area (Å²) in [6.07, 6.45) is 0. The molecule has 5 rings (SSSR count). The molecule has 2 bridgehead atoms. The SMILES string of the molecule is O=C1[C@H]2CN(Cc3ccccc3)C[C@@H]1[C@H](c1ccccc1Cl)N[C@@H]2c1ccccc1Cl. The van der Waals surface area contributed by atoms with Crippen LogP contribution in [0.1, 0.15) is 28.8 Å². The molecule has 3 nitrogen and oxygen atoms in total. The van der Waals surface area contributed by atoms with E-state index in [1.54, 1.807) is 0 Å². The Morgan fingerprint density at radius 1 is 0.742 bits per heavy atom. The number of carbonyl (C=O) groups is 1. The first-order chi connectivity index (χ1) is 15.1. The number of fused-ring (bicyclic) bond motifs is 2. The molecule has 3 aromatic rings. The van der Waals surface area contributed by atoms with Gasteiger partial charge in [0.1, 0.15) is 5.78 Å². The van der Waals surface area contributed by atoms with Crippen molar-refractivity contribution in [1.82, 2.24) is 10.2 Å². The van der Waals surface area contributed by atoms with E-state index in [0.717, 1.165) is 17.7 Å². The molecule has 5 heteroatoms.